The van der Waals surface area contributed by atoms with E-state index in [1.54, 1.807) is 7.11 Å². The first-order chi connectivity index (χ1) is 13.6. The summed E-state index contributed by atoms with van der Waals surface area (Å²) in [5.41, 5.74) is 9.20. The van der Waals surface area contributed by atoms with Gasteiger partial charge in [-0.1, -0.05) is 52.7 Å². The third kappa shape index (κ3) is 3.64. The van der Waals surface area contributed by atoms with Crippen LogP contribution in [-0.4, -0.2) is 18.1 Å². The van der Waals surface area contributed by atoms with Gasteiger partial charge in [0.05, 0.1) is 7.11 Å². The van der Waals surface area contributed by atoms with Crippen LogP contribution in [0.5, 0.6) is 5.75 Å². The highest BCUT2D eigenvalue weighted by atomic mass is 16.5. The summed E-state index contributed by atoms with van der Waals surface area (Å²) in [6.45, 7) is 23.4. The number of fused-ring (bicyclic) bond motifs is 3. The molecule has 0 radical (unpaired) electrons. The van der Waals surface area contributed by atoms with E-state index in [4.69, 9.17) is 4.74 Å². The molecule has 0 spiro atoms. The number of methoxy groups -OCH3 is 1. The lowest BCUT2D eigenvalue weighted by Crippen LogP contribution is -2.45. The molecule has 1 atom stereocenters. The van der Waals surface area contributed by atoms with Crippen LogP contribution in [0.3, 0.4) is 0 Å². The van der Waals surface area contributed by atoms with Crippen molar-refractivity contribution in [3.05, 3.63) is 89.7 Å². The molecule has 3 rings (SSSR count). The molecule has 0 saturated carbocycles. The molecule has 1 unspecified atom stereocenters. The van der Waals surface area contributed by atoms with Gasteiger partial charge in [0.25, 0.3) is 0 Å². The van der Waals surface area contributed by atoms with Crippen molar-refractivity contribution in [1.29, 1.82) is 0 Å². The minimum Gasteiger partial charge on any atom is -0.496 e. The van der Waals surface area contributed by atoms with Crippen molar-refractivity contribution in [1.82, 2.24) is 4.90 Å². The maximum absolute atomic E-state index is 5.77. The molecule has 152 valence electrons. The molecule has 0 aromatic heterocycles. The molecule has 2 aliphatic heterocycles. The van der Waals surface area contributed by atoms with Crippen LogP contribution in [0.1, 0.15) is 51.3 Å². The van der Waals surface area contributed by atoms with E-state index in [0.717, 1.165) is 40.0 Å². The van der Waals surface area contributed by atoms with E-state index in [9.17, 15) is 0 Å². The Bertz CT molecular complexity index is 979. The molecule has 0 bridgehead atoms. The van der Waals surface area contributed by atoms with Gasteiger partial charge in [-0.15, -0.1) is 0 Å². The largest absolute Gasteiger partial charge is 0.496 e. The first-order valence-corrected chi connectivity index (χ1v) is 10.2. The van der Waals surface area contributed by atoms with Gasteiger partial charge < -0.3 is 9.64 Å². The zero-order valence-electron chi connectivity index (χ0n) is 18.7. The quantitative estimate of drug-likeness (QED) is 0.519. The molecule has 2 nitrogen and oxygen atoms in total. The summed E-state index contributed by atoms with van der Waals surface area (Å²) >= 11 is 0. The van der Waals surface area contributed by atoms with Gasteiger partial charge in [0, 0.05) is 29.1 Å². The van der Waals surface area contributed by atoms with Gasteiger partial charge >= 0.3 is 0 Å². The smallest absolute Gasteiger partial charge is 0.127 e. The highest BCUT2D eigenvalue weighted by Crippen LogP contribution is 2.46. The average Bonchev–Trinajstić information content (AvgIpc) is 2.66. The summed E-state index contributed by atoms with van der Waals surface area (Å²) in [5.74, 6) is 0.868. The number of hydrogen-bond acceptors (Lipinski definition) is 2. The Morgan fingerprint density at radius 1 is 1.28 bits per heavy atom. The number of benzene rings is 1. The van der Waals surface area contributed by atoms with E-state index in [-0.39, 0.29) is 5.41 Å². The number of hydrogen-bond donors (Lipinski definition) is 0. The van der Waals surface area contributed by atoms with E-state index >= 15 is 0 Å². The Morgan fingerprint density at radius 2 is 1.97 bits per heavy atom. The predicted molar refractivity (Wildman–Crippen MR) is 126 cm³/mol. The van der Waals surface area contributed by atoms with Gasteiger partial charge in [0.1, 0.15) is 5.75 Å². The van der Waals surface area contributed by atoms with E-state index in [2.05, 4.69) is 75.9 Å². The summed E-state index contributed by atoms with van der Waals surface area (Å²) in [4.78, 5) is 2.42. The minimum atomic E-state index is 0.105. The minimum absolute atomic E-state index is 0.105. The van der Waals surface area contributed by atoms with Crippen molar-refractivity contribution in [3.63, 3.8) is 0 Å². The zero-order chi connectivity index (χ0) is 21.5. The topological polar surface area (TPSA) is 12.5 Å². The molecule has 0 saturated heterocycles. The zero-order valence-corrected chi connectivity index (χ0v) is 18.7. The fourth-order valence-electron chi connectivity index (χ4n) is 4.31. The summed E-state index contributed by atoms with van der Waals surface area (Å²) in [7, 11) is 1.73. The van der Waals surface area contributed by atoms with Gasteiger partial charge in [0.15, 0.2) is 0 Å². The SMILES string of the molecule is C=C/C(=C\C)c1cc2c(cc1OC)C1=CC(=C)C(C(=C)C)=CN1C(C(C)(C)C)C2. The maximum atomic E-state index is 5.77. The Kier molecular flexibility index (Phi) is 5.49. The maximum Gasteiger partial charge on any atom is 0.127 e. The number of allylic oxidation sites excluding steroid dienone is 7. The molecule has 0 aliphatic carbocycles. The van der Waals surface area contributed by atoms with E-state index in [1.807, 2.05) is 19.9 Å². The number of nitrogens with zero attached hydrogens (tertiary/aromatic N) is 1. The van der Waals surface area contributed by atoms with Crippen LogP contribution in [0.25, 0.3) is 11.3 Å². The lowest BCUT2D eigenvalue weighted by molar-refractivity contribution is 0.189. The molecule has 2 heterocycles. The van der Waals surface area contributed by atoms with Crippen LogP contribution in [0, 0.1) is 5.41 Å². The third-order valence-electron chi connectivity index (χ3n) is 5.95. The standard InChI is InChI=1S/C27H33NO/c1-10-19(11-2)22-13-20-14-26(27(6,7)8)28-16-23(17(3)4)18(5)12-24(28)21(20)15-25(22)29-9/h10-13,15-16,26H,1,3,5,14H2,2,4,6-9H3/b19-11+. The molecule has 2 heteroatoms. The molecule has 0 N–H and O–H groups in total. The van der Waals surface area contributed by atoms with Crippen LogP contribution < -0.4 is 4.74 Å². The average molecular weight is 388 g/mol. The number of rotatable bonds is 4. The van der Waals surface area contributed by atoms with Crippen molar-refractivity contribution in [2.45, 2.75) is 47.1 Å². The van der Waals surface area contributed by atoms with Crippen LogP contribution in [0.4, 0.5) is 0 Å². The molecular formula is C27H33NO. The fourth-order valence-corrected chi connectivity index (χ4v) is 4.31. The van der Waals surface area contributed by atoms with Crippen molar-refractivity contribution >= 4 is 11.3 Å². The molecule has 2 aliphatic rings. The Morgan fingerprint density at radius 3 is 2.48 bits per heavy atom. The lowest BCUT2D eigenvalue weighted by atomic mass is 9.76. The summed E-state index contributed by atoms with van der Waals surface area (Å²) < 4.78 is 5.77. The molecule has 29 heavy (non-hydrogen) atoms. The van der Waals surface area contributed by atoms with Crippen LogP contribution >= 0.6 is 0 Å². The van der Waals surface area contributed by atoms with Crippen molar-refractivity contribution in [2.24, 2.45) is 5.41 Å². The second kappa shape index (κ2) is 7.59. The van der Waals surface area contributed by atoms with Crippen molar-refractivity contribution in [2.75, 3.05) is 7.11 Å². The monoisotopic (exact) mass is 387 g/mol. The first kappa shape index (κ1) is 21.0. The Balaban J connectivity index is 2.26. The predicted octanol–water partition coefficient (Wildman–Crippen LogP) is 6.93. The highest BCUT2D eigenvalue weighted by Gasteiger charge is 2.38. The second-order valence-electron chi connectivity index (χ2n) is 9.03. The normalized spacial score (nSPS) is 19.1. The first-order valence-electron chi connectivity index (χ1n) is 10.2. The molecule has 0 amide bonds. The van der Waals surface area contributed by atoms with E-state index in [1.165, 1.54) is 16.8 Å². The van der Waals surface area contributed by atoms with Gasteiger partial charge in [-0.05, 0) is 71.7 Å². The van der Waals surface area contributed by atoms with E-state index in [0.29, 0.717) is 6.04 Å². The van der Waals surface area contributed by atoms with Gasteiger partial charge in [-0.25, -0.2) is 0 Å². The lowest BCUT2D eigenvalue weighted by Gasteiger charge is -2.47. The van der Waals surface area contributed by atoms with E-state index < -0.39 is 0 Å². The van der Waals surface area contributed by atoms with Crippen LogP contribution in [0.15, 0.2) is 73.0 Å². The van der Waals surface area contributed by atoms with Crippen LogP contribution in [0.2, 0.25) is 0 Å². The second-order valence-corrected chi connectivity index (χ2v) is 9.03. The van der Waals surface area contributed by atoms with Gasteiger partial charge in [-0.3, -0.25) is 0 Å². The Hall–Kier alpha value is -2.74. The molecule has 0 fully saturated rings. The summed E-state index contributed by atoms with van der Waals surface area (Å²) in [5, 5.41) is 0. The summed E-state index contributed by atoms with van der Waals surface area (Å²) in [6, 6.07) is 4.79. The van der Waals surface area contributed by atoms with Crippen LogP contribution in [-0.2, 0) is 6.42 Å². The van der Waals surface area contributed by atoms with Crippen molar-refractivity contribution < 1.29 is 4.74 Å². The summed E-state index contributed by atoms with van der Waals surface area (Å²) in [6.07, 6.45) is 9.37. The number of ether oxygens (including phenoxy) is 1. The molecule has 1 aromatic carbocycles. The molecule has 1 aromatic rings. The van der Waals surface area contributed by atoms with Crippen molar-refractivity contribution in [3.8, 4) is 5.75 Å². The Labute approximate surface area is 176 Å². The highest BCUT2D eigenvalue weighted by molar-refractivity contribution is 5.83. The van der Waals surface area contributed by atoms with Gasteiger partial charge in [-0.2, -0.15) is 0 Å². The molecular weight excluding hydrogens is 354 g/mol. The third-order valence-corrected chi connectivity index (χ3v) is 5.95. The van der Waals surface area contributed by atoms with Gasteiger partial charge in [0.2, 0.25) is 0 Å². The fraction of sp³-hybridized carbons (Fsp3) is 0.333.